The first-order valence-corrected chi connectivity index (χ1v) is 6.35. The smallest absolute Gasteiger partial charge is 0.288 e. The Labute approximate surface area is 124 Å². The first kappa shape index (κ1) is 14.6. The highest BCUT2D eigenvalue weighted by atomic mass is 35.5. The molecule has 0 unspecified atom stereocenters. The fourth-order valence-corrected chi connectivity index (χ4v) is 2.09. The summed E-state index contributed by atoms with van der Waals surface area (Å²) < 4.78 is 13.7. The number of nitrogens with zero attached hydrogens (tertiary/aromatic N) is 1. The lowest BCUT2D eigenvalue weighted by atomic mass is 10.2. The molecule has 0 saturated heterocycles. The van der Waals surface area contributed by atoms with E-state index in [-0.39, 0.29) is 22.3 Å². The standard InChI is InChI=1S/C13H9Cl2FN2O2/c14-10-3-1-2-8(13(10)16)7-17-9-4-5-12(18(19)20)11(15)6-9/h1-6,17H,7H2. The molecule has 0 radical (unpaired) electrons. The topological polar surface area (TPSA) is 55.2 Å². The van der Waals surface area contributed by atoms with Crippen molar-refractivity contribution in [3.05, 3.63) is 67.9 Å². The summed E-state index contributed by atoms with van der Waals surface area (Å²) in [6, 6.07) is 8.92. The molecule has 0 atom stereocenters. The van der Waals surface area contributed by atoms with Gasteiger partial charge in [-0.1, -0.05) is 35.3 Å². The van der Waals surface area contributed by atoms with Gasteiger partial charge in [0.05, 0.1) is 9.95 Å². The normalized spacial score (nSPS) is 10.3. The van der Waals surface area contributed by atoms with Crippen LogP contribution in [0, 0.1) is 15.9 Å². The molecule has 0 saturated carbocycles. The number of nitro benzene ring substituents is 1. The van der Waals surface area contributed by atoms with Crippen LogP contribution in [0.5, 0.6) is 0 Å². The number of rotatable bonds is 4. The first-order valence-electron chi connectivity index (χ1n) is 5.59. The molecule has 2 aromatic carbocycles. The minimum absolute atomic E-state index is 0.0200. The van der Waals surface area contributed by atoms with Crippen LogP contribution >= 0.6 is 23.2 Å². The summed E-state index contributed by atoms with van der Waals surface area (Å²) in [5.41, 5.74) is 0.776. The highest BCUT2D eigenvalue weighted by Crippen LogP contribution is 2.27. The molecule has 104 valence electrons. The van der Waals surface area contributed by atoms with E-state index in [2.05, 4.69) is 5.32 Å². The monoisotopic (exact) mass is 314 g/mol. The predicted molar refractivity (Wildman–Crippen MR) is 76.8 cm³/mol. The molecule has 7 heteroatoms. The van der Waals surface area contributed by atoms with E-state index >= 15 is 0 Å². The molecule has 2 aromatic rings. The summed E-state index contributed by atoms with van der Waals surface area (Å²) in [6.45, 7) is 0.195. The van der Waals surface area contributed by atoms with Crippen molar-refractivity contribution < 1.29 is 9.31 Å². The third-order valence-electron chi connectivity index (χ3n) is 2.66. The molecular weight excluding hydrogens is 306 g/mol. The van der Waals surface area contributed by atoms with E-state index < -0.39 is 10.7 Å². The van der Waals surface area contributed by atoms with Gasteiger partial charge in [0.15, 0.2) is 0 Å². The zero-order chi connectivity index (χ0) is 14.7. The molecule has 0 aliphatic carbocycles. The second-order valence-corrected chi connectivity index (χ2v) is 4.80. The van der Waals surface area contributed by atoms with Crippen molar-refractivity contribution in [1.29, 1.82) is 0 Å². The summed E-state index contributed by atoms with van der Waals surface area (Å²) in [5.74, 6) is -0.491. The molecule has 0 aromatic heterocycles. The fraction of sp³-hybridized carbons (Fsp3) is 0.0769. The van der Waals surface area contributed by atoms with Crippen LogP contribution in [-0.4, -0.2) is 4.92 Å². The molecule has 0 heterocycles. The largest absolute Gasteiger partial charge is 0.381 e. The molecule has 0 aliphatic rings. The zero-order valence-corrected chi connectivity index (χ0v) is 11.6. The SMILES string of the molecule is O=[N+]([O-])c1ccc(NCc2cccc(Cl)c2F)cc1Cl. The Balaban J connectivity index is 2.13. The lowest BCUT2D eigenvalue weighted by Crippen LogP contribution is -2.02. The maximum absolute atomic E-state index is 13.7. The van der Waals surface area contributed by atoms with Gasteiger partial charge >= 0.3 is 0 Å². The number of hydrogen-bond donors (Lipinski definition) is 1. The lowest BCUT2D eigenvalue weighted by molar-refractivity contribution is -0.384. The average Bonchev–Trinajstić information content (AvgIpc) is 2.40. The molecule has 2 rings (SSSR count). The molecule has 4 nitrogen and oxygen atoms in total. The van der Waals surface area contributed by atoms with Crippen molar-refractivity contribution in [3.8, 4) is 0 Å². The van der Waals surface area contributed by atoms with Crippen LogP contribution in [0.2, 0.25) is 10.0 Å². The molecule has 0 bridgehead atoms. The molecule has 0 fully saturated rings. The van der Waals surface area contributed by atoms with Crippen LogP contribution in [0.3, 0.4) is 0 Å². The van der Waals surface area contributed by atoms with E-state index in [1.165, 1.54) is 24.3 Å². The molecular formula is C13H9Cl2FN2O2. The van der Waals surface area contributed by atoms with Gasteiger partial charge in [-0.15, -0.1) is 0 Å². The molecule has 20 heavy (non-hydrogen) atoms. The van der Waals surface area contributed by atoms with Gasteiger partial charge in [0.1, 0.15) is 10.8 Å². The minimum Gasteiger partial charge on any atom is -0.381 e. The van der Waals surface area contributed by atoms with Gasteiger partial charge in [-0.3, -0.25) is 10.1 Å². The Morgan fingerprint density at radius 2 is 1.95 bits per heavy atom. The van der Waals surface area contributed by atoms with E-state index in [0.29, 0.717) is 11.3 Å². The van der Waals surface area contributed by atoms with Gasteiger partial charge in [-0.05, 0) is 18.2 Å². The number of halogens is 3. The van der Waals surface area contributed by atoms with E-state index in [4.69, 9.17) is 23.2 Å². The summed E-state index contributed by atoms with van der Waals surface area (Å²) in [5, 5.41) is 13.6. The highest BCUT2D eigenvalue weighted by Gasteiger charge is 2.12. The Hall–Kier alpha value is -1.85. The van der Waals surface area contributed by atoms with Crippen molar-refractivity contribution in [2.75, 3.05) is 5.32 Å². The Bertz CT molecular complexity index is 665. The lowest BCUT2D eigenvalue weighted by Gasteiger charge is -2.08. The Morgan fingerprint density at radius 1 is 1.20 bits per heavy atom. The van der Waals surface area contributed by atoms with Crippen LogP contribution in [0.15, 0.2) is 36.4 Å². The average molecular weight is 315 g/mol. The molecule has 0 amide bonds. The van der Waals surface area contributed by atoms with Crippen molar-refractivity contribution in [2.24, 2.45) is 0 Å². The van der Waals surface area contributed by atoms with Crippen molar-refractivity contribution >= 4 is 34.6 Å². The first-order chi connectivity index (χ1) is 9.49. The van der Waals surface area contributed by atoms with Gasteiger partial charge in [-0.2, -0.15) is 0 Å². The van der Waals surface area contributed by atoms with Crippen LogP contribution in [0.25, 0.3) is 0 Å². The van der Waals surface area contributed by atoms with E-state index in [1.54, 1.807) is 12.1 Å². The molecule has 0 aliphatic heterocycles. The number of benzene rings is 2. The van der Waals surface area contributed by atoms with Crippen LogP contribution in [-0.2, 0) is 6.54 Å². The van der Waals surface area contributed by atoms with Crippen LogP contribution in [0.4, 0.5) is 15.8 Å². The zero-order valence-electron chi connectivity index (χ0n) is 10.1. The summed E-state index contributed by atoms with van der Waals surface area (Å²) in [6.07, 6.45) is 0. The number of anilines is 1. The van der Waals surface area contributed by atoms with E-state index in [1.807, 2.05) is 0 Å². The summed E-state index contributed by atoms with van der Waals surface area (Å²) in [7, 11) is 0. The minimum atomic E-state index is -0.567. The second-order valence-electron chi connectivity index (χ2n) is 3.99. The number of nitro groups is 1. The van der Waals surface area contributed by atoms with Gasteiger partial charge in [0.25, 0.3) is 5.69 Å². The van der Waals surface area contributed by atoms with Crippen molar-refractivity contribution in [2.45, 2.75) is 6.54 Å². The van der Waals surface area contributed by atoms with E-state index in [9.17, 15) is 14.5 Å². The summed E-state index contributed by atoms with van der Waals surface area (Å²) >= 11 is 11.5. The van der Waals surface area contributed by atoms with Gasteiger partial charge in [0.2, 0.25) is 0 Å². The fourth-order valence-electron chi connectivity index (χ4n) is 1.65. The second kappa shape index (κ2) is 6.07. The highest BCUT2D eigenvalue weighted by molar-refractivity contribution is 6.33. The number of nitrogens with one attached hydrogen (secondary N) is 1. The quantitative estimate of drug-likeness (QED) is 0.660. The van der Waals surface area contributed by atoms with E-state index in [0.717, 1.165) is 0 Å². The number of hydrogen-bond acceptors (Lipinski definition) is 3. The van der Waals surface area contributed by atoms with Gasteiger partial charge in [0, 0.05) is 23.9 Å². The van der Waals surface area contributed by atoms with Crippen LogP contribution < -0.4 is 5.32 Å². The van der Waals surface area contributed by atoms with Crippen molar-refractivity contribution in [3.63, 3.8) is 0 Å². The molecule has 1 N–H and O–H groups in total. The summed E-state index contributed by atoms with van der Waals surface area (Å²) in [4.78, 5) is 10.1. The van der Waals surface area contributed by atoms with Crippen molar-refractivity contribution in [1.82, 2.24) is 0 Å². The van der Waals surface area contributed by atoms with Gasteiger partial charge in [-0.25, -0.2) is 4.39 Å². The Morgan fingerprint density at radius 3 is 2.60 bits per heavy atom. The maximum atomic E-state index is 13.7. The third-order valence-corrected chi connectivity index (χ3v) is 3.25. The van der Waals surface area contributed by atoms with Crippen LogP contribution in [0.1, 0.15) is 5.56 Å². The predicted octanol–water partition coefficient (Wildman–Crippen LogP) is 4.65. The molecule has 0 spiro atoms. The maximum Gasteiger partial charge on any atom is 0.288 e. The van der Waals surface area contributed by atoms with Gasteiger partial charge < -0.3 is 5.32 Å². The Kier molecular flexibility index (Phi) is 4.42. The third kappa shape index (κ3) is 3.18.